The van der Waals surface area contributed by atoms with Gasteiger partial charge in [-0.3, -0.25) is 4.79 Å². The number of methoxy groups -OCH3 is 1. The van der Waals surface area contributed by atoms with Crippen LogP contribution < -0.4 is 5.19 Å². The molecule has 0 aromatic heterocycles. The highest BCUT2D eigenvalue weighted by Crippen LogP contribution is 2.30. The zero-order valence-electron chi connectivity index (χ0n) is 14.3. The van der Waals surface area contributed by atoms with Crippen molar-refractivity contribution in [1.82, 2.24) is 0 Å². The van der Waals surface area contributed by atoms with Gasteiger partial charge in [0.15, 0.2) is 0 Å². The molecule has 0 aliphatic carbocycles. The summed E-state index contributed by atoms with van der Waals surface area (Å²) in [5.74, 6) is -0.147. The van der Waals surface area contributed by atoms with Crippen molar-refractivity contribution >= 4 is 30.0 Å². The Morgan fingerprint density at radius 3 is 2.17 bits per heavy atom. The number of ether oxygens (including phenoxy) is 1. The molecule has 0 fully saturated rings. The molecule has 0 saturated carbocycles. The number of fused-ring (bicyclic) bond motifs is 1. The fraction of sp³-hybridized carbons (Fsp3) is 0.190. The van der Waals surface area contributed by atoms with Gasteiger partial charge in [-0.1, -0.05) is 91.1 Å². The van der Waals surface area contributed by atoms with Gasteiger partial charge in [0.2, 0.25) is 0 Å². The number of esters is 1. The van der Waals surface area contributed by atoms with Crippen LogP contribution in [0.15, 0.2) is 72.8 Å². The van der Waals surface area contributed by atoms with Gasteiger partial charge in [-0.15, -0.1) is 0 Å². The van der Waals surface area contributed by atoms with Crippen LogP contribution in [0.3, 0.4) is 0 Å². The molecule has 1 atom stereocenters. The fourth-order valence-electron chi connectivity index (χ4n) is 3.39. The Balaban J connectivity index is 2.13. The predicted molar refractivity (Wildman–Crippen MR) is 102 cm³/mol. The number of benzene rings is 3. The molecule has 0 aliphatic heterocycles. The van der Waals surface area contributed by atoms with Crippen molar-refractivity contribution in [2.75, 3.05) is 7.11 Å². The van der Waals surface area contributed by atoms with Crippen molar-refractivity contribution in [2.24, 2.45) is 0 Å². The van der Waals surface area contributed by atoms with E-state index in [-0.39, 0.29) is 11.5 Å². The lowest BCUT2D eigenvalue weighted by molar-refractivity contribution is -0.140. The zero-order valence-corrected chi connectivity index (χ0v) is 15.3. The van der Waals surface area contributed by atoms with Gasteiger partial charge < -0.3 is 4.74 Å². The highest BCUT2D eigenvalue weighted by Gasteiger charge is 2.40. The van der Waals surface area contributed by atoms with Crippen LogP contribution in [0.5, 0.6) is 0 Å². The van der Waals surface area contributed by atoms with E-state index in [1.54, 1.807) is 0 Å². The van der Waals surface area contributed by atoms with Crippen LogP contribution in [0.25, 0.3) is 10.8 Å². The summed E-state index contributed by atoms with van der Waals surface area (Å²) in [6.07, 6.45) is 0. The van der Waals surface area contributed by atoms with Crippen LogP contribution in [0.4, 0.5) is 0 Å². The molecular weight excluding hydrogens is 312 g/mol. The minimum atomic E-state index is -2.10. The zero-order chi connectivity index (χ0) is 17.2. The van der Waals surface area contributed by atoms with Crippen molar-refractivity contribution in [2.45, 2.75) is 18.6 Å². The molecule has 3 heteroatoms. The molecule has 1 unspecified atom stereocenters. The fourth-order valence-corrected chi connectivity index (χ4v) is 6.49. The van der Waals surface area contributed by atoms with E-state index in [0.717, 1.165) is 10.9 Å². The van der Waals surface area contributed by atoms with Gasteiger partial charge >= 0.3 is 5.97 Å². The maximum atomic E-state index is 12.7. The highest BCUT2D eigenvalue weighted by atomic mass is 28.3. The van der Waals surface area contributed by atoms with E-state index in [1.807, 2.05) is 30.3 Å². The Labute approximate surface area is 144 Å². The number of hydrogen-bond donors (Lipinski definition) is 0. The van der Waals surface area contributed by atoms with Crippen LogP contribution in [0.2, 0.25) is 13.1 Å². The minimum Gasteiger partial charge on any atom is -0.469 e. The van der Waals surface area contributed by atoms with Gasteiger partial charge in [0.1, 0.15) is 8.07 Å². The van der Waals surface area contributed by atoms with Crippen molar-refractivity contribution < 1.29 is 9.53 Å². The maximum absolute atomic E-state index is 12.7. The number of carbonyl (C=O) groups is 1. The summed E-state index contributed by atoms with van der Waals surface area (Å²) >= 11 is 0. The van der Waals surface area contributed by atoms with Crippen LogP contribution in [0, 0.1) is 0 Å². The number of hydrogen-bond acceptors (Lipinski definition) is 2. The Morgan fingerprint density at radius 1 is 0.875 bits per heavy atom. The van der Waals surface area contributed by atoms with E-state index >= 15 is 0 Å². The second-order valence-electron chi connectivity index (χ2n) is 6.65. The Bertz CT molecular complexity index is 856. The van der Waals surface area contributed by atoms with Crippen molar-refractivity contribution in [3.05, 3.63) is 78.4 Å². The summed E-state index contributed by atoms with van der Waals surface area (Å²) < 4.78 is 5.18. The molecule has 0 bridgehead atoms. The van der Waals surface area contributed by atoms with Crippen molar-refractivity contribution in [3.8, 4) is 0 Å². The Kier molecular flexibility index (Phi) is 4.54. The first-order valence-electron chi connectivity index (χ1n) is 8.16. The predicted octanol–water partition coefficient (Wildman–Crippen LogP) is 4.25. The normalized spacial score (nSPS) is 12.8. The third kappa shape index (κ3) is 3.00. The van der Waals surface area contributed by atoms with Crippen LogP contribution in [-0.2, 0) is 9.53 Å². The second kappa shape index (κ2) is 6.61. The molecular formula is C21H22O2Si. The Hall–Kier alpha value is -2.39. The van der Waals surface area contributed by atoms with E-state index in [9.17, 15) is 4.79 Å². The highest BCUT2D eigenvalue weighted by molar-refractivity contribution is 6.93. The van der Waals surface area contributed by atoms with Gasteiger partial charge in [0.05, 0.1) is 12.7 Å². The number of carbonyl (C=O) groups excluding carboxylic acids is 1. The smallest absolute Gasteiger partial charge is 0.310 e. The summed E-state index contributed by atoms with van der Waals surface area (Å²) in [5.41, 5.74) is 0.815. The van der Waals surface area contributed by atoms with Crippen LogP contribution >= 0.6 is 0 Å². The third-order valence-electron chi connectivity index (χ3n) is 4.78. The summed E-state index contributed by atoms with van der Waals surface area (Å²) in [6, 6.07) is 24.9. The van der Waals surface area contributed by atoms with Gasteiger partial charge in [-0.05, 0) is 16.3 Å². The summed E-state index contributed by atoms with van der Waals surface area (Å²) in [5, 5.41) is 3.60. The molecule has 3 aromatic rings. The maximum Gasteiger partial charge on any atom is 0.310 e. The van der Waals surface area contributed by atoms with Crippen LogP contribution in [-0.4, -0.2) is 21.2 Å². The number of rotatable bonds is 4. The van der Waals surface area contributed by atoms with Gasteiger partial charge in [0.25, 0.3) is 0 Å². The third-order valence-corrected chi connectivity index (χ3v) is 8.62. The van der Waals surface area contributed by atoms with Crippen molar-refractivity contribution in [3.63, 3.8) is 0 Å². The summed E-state index contributed by atoms with van der Waals surface area (Å²) in [6.45, 7) is 4.47. The molecule has 3 rings (SSSR count). The first kappa shape index (κ1) is 16.5. The summed E-state index contributed by atoms with van der Waals surface area (Å²) in [7, 11) is -0.618. The molecule has 24 heavy (non-hydrogen) atoms. The largest absolute Gasteiger partial charge is 0.469 e. The molecule has 0 amide bonds. The average Bonchev–Trinajstić information content (AvgIpc) is 2.62. The van der Waals surface area contributed by atoms with E-state index < -0.39 is 8.07 Å². The lowest BCUT2D eigenvalue weighted by Gasteiger charge is -2.31. The van der Waals surface area contributed by atoms with E-state index in [0.29, 0.717) is 0 Å². The molecule has 0 spiro atoms. The molecule has 0 saturated heterocycles. The Morgan fingerprint density at radius 2 is 1.50 bits per heavy atom. The standard InChI is InChI=1S/C21H22O2Si/c1-23-21(22)20(24(2,3)19-11-5-4-6-12-19)18-14-13-16-9-7-8-10-17(16)15-18/h4-15,20H,1-3H3. The van der Waals surface area contributed by atoms with Gasteiger partial charge in [-0.2, -0.15) is 0 Å². The molecule has 0 heterocycles. The van der Waals surface area contributed by atoms with Crippen molar-refractivity contribution in [1.29, 1.82) is 0 Å². The first-order chi connectivity index (χ1) is 11.5. The quantitative estimate of drug-likeness (QED) is 0.527. The molecule has 0 radical (unpaired) electrons. The van der Waals surface area contributed by atoms with E-state index in [2.05, 4.69) is 55.6 Å². The SMILES string of the molecule is COC(=O)C(c1ccc2ccccc2c1)[Si](C)(C)c1ccccc1. The summed E-state index contributed by atoms with van der Waals surface area (Å²) in [4.78, 5) is 12.7. The average molecular weight is 334 g/mol. The van der Waals surface area contributed by atoms with Crippen LogP contribution in [0.1, 0.15) is 11.1 Å². The first-order valence-corrected chi connectivity index (χ1v) is 11.2. The second-order valence-corrected chi connectivity index (χ2v) is 11.2. The minimum absolute atomic E-state index is 0.147. The molecule has 2 nitrogen and oxygen atoms in total. The molecule has 3 aromatic carbocycles. The molecule has 0 aliphatic rings. The molecule has 122 valence electrons. The van der Waals surface area contributed by atoms with Gasteiger partial charge in [-0.25, -0.2) is 0 Å². The van der Waals surface area contributed by atoms with Gasteiger partial charge in [0, 0.05) is 0 Å². The van der Waals surface area contributed by atoms with E-state index in [4.69, 9.17) is 4.74 Å². The topological polar surface area (TPSA) is 26.3 Å². The monoisotopic (exact) mass is 334 g/mol. The molecule has 0 N–H and O–H groups in total. The lowest BCUT2D eigenvalue weighted by Crippen LogP contribution is -2.50. The lowest BCUT2D eigenvalue weighted by atomic mass is 10.0. The van der Waals surface area contributed by atoms with E-state index in [1.165, 1.54) is 17.7 Å².